The molecule has 1 aliphatic carbocycles. The molecular formula is C49H53FN8O9. The molecule has 2 aromatic heterocycles. The van der Waals surface area contributed by atoms with E-state index in [1.165, 1.54) is 13.3 Å². The molecule has 9 rings (SSSR count). The van der Waals surface area contributed by atoms with Gasteiger partial charge in [-0.1, -0.05) is 24.8 Å². The minimum Gasteiger partial charge on any atom is -0.496 e. The van der Waals surface area contributed by atoms with Crippen LogP contribution in [0.3, 0.4) is 0 Å². The van der Waals surface area contributed by atoms with Crippen LogP contribution < -0.4 is 26.4 Å². The smallest absolute Gasteiger partial charge is 0.264 e. The second-order valence-corrected chi connectivity index (χ2v) is 18.0. The number of pyridine rings is 1. The third-order valence-corrected chi connectivity index (χ3v) is 13.9. The van der Waals surface area contributed by atoms with Crippen LogP contribution in [0, 0.1) is 29.6 Å². The molecule has 4 aromatic rings. The van der Waals surface area contributed by atoms with Crippen LogP contribution in [0.5, 0.6) is 5.75 Å². The summed E-state index contributed by atoms with van der Waals surface area (Å²) >= 11 is 0. The molecule has 4 fully saturated rings. The Hall–Kier alpha value is -6.71. The number of nitrogens with two attached hydrogens (primary N) is 1. The highest BCUT2D eigenvalue weighted by atomic mass is 19.1. The van der Waals surface area contributed by atoms with Crippen LogP contribution in [0.1, 0.15) is 113 Å². The van der Waals surface area contributed by atoms with E-state index in [4.69, 9.17) is 24.6 Å². The van der Waals surface area contributed by atoms with Crippen LogP contribution in [0.2, 0.25) is 0 Å². The number of fused-ring (bicyclic) bond motifs is 2. The molecule has 18 heteroatoms. The van der Waals surface area contributed by atoms with Gasteiger partial charge in [0, 0.05) is 67.1 Å². The van der Waals surface area contributed by atoms with Crippen molar-refractivity contribution in [3.63, 3.8) is 0 Å². The highest BCUT2D eigenvalue weighted by molar-refractivity contribution is 6.25. The zero-order chi connectivity index (χ0) is 46.9. The first-order valence-electron chi connectivity index (χ1n) is 23.1. The zero-order valence-corrected chi connectivity index (χ0v) is 37.4. The molecule has 3 saturated heterocycles. The van der Waals surface area contributed by atoms with Gasteiger partial charge in [-0.25, -0.2) is 14.4 Å². The number of aromatic nitrogens is 2. The summed E-state index contributed by atoms with van der Waals surface area (Å²) in [7, 11) is 1.45. The molecule has 4 aliphatic heterocycles. The summed E-state index contributed by atoms with van der Waals surface area (Å²) in [4.78, 5) is 88.0. The average Bonchev–Trinajstić information content (AvgIpc) is 4.00. The van der Waals surface area contributed by atoms with Gasteiger partial charge in [0.15, 0.2) is 6.17 Å². The molecule has 1 saturated carbocycles. The van der Waals surface area contributed by atoms with E-state index in [1.54, 1.807) is 36.5 Å². The average molecular weight is 917 g/mol. The number of hydrogen-bond acceptors (Lipinski definition) is 13. The fourth-order valence-electron chi connectivity index (χ4n) is 10.2. The van der Waals surface area contributed by atoms with E-state index < -0.39 is 59.6 Å². The number of oxazole rings is 1. The van der Waals surface area contributed by atoms with Crippen molar-refractivity contribution in [2.24, 2.45) is 23.5 Å². The van der Waals surface area contributed by atoms with E-state index in [2.05, 4.69) is 37.7 Å². The summed E-state index contributed by atoms with van der Waals surface area (Å²) in [5, 5.41) is 9.36. The van der Waals surface area contributed by atoms with Gasteiger partial charge >= 0.3 is 0 Å². The highest BCUT2D eigenvalue weighted by Gasteiger charge is 2.46. The summed E-state index contributed by atoms with van der Waals surface area (Å²) in [6.45, 7) is 5.56. The summed E-state index contributed by atoms with van der Waals surface area (Å²) in [6.07, 6.45) is 8.03. The van der Waals surface area contributed by atoms with Crippen LogP contribution in [-0.2, 0) is 19.1 Å². The number of methoxy groups -OCH3 is 1. The number of piperidine rings is 2. The van der Waals surface area contributed by atoms with Crippen LogP contribution in [0.4, 0.5) is 10.1 Å². The Labute approximate surface area is 386 Å². The zero-order valence-electron chi connectivity index (χ0n) is 37.4. The van der Waals surface area contributed by atoms with Gasteiger partial charge in [-0.05, 0) is 81.5 Å². The Bertz CT molecular complexity index is 2700. The molecule has 5 aliphatic rings. The summed E-state index contributed by atoms with van der Waals surface area (Å²) in [5.41, 5.74) is 7.90. The lowest BCUT2D eigenvalue weighted by molar-refractivity contribution is -0.136. The molecular weight excluding hydrogens is 864 g/mol. The first-order valence-corrected chi connectivity index (χ1v) is 23.1. The molecule has 0 radical (unpaired) electrons. The van der Waals surface area contributed by atoms with E-state index in [-0.39, 0.29) is 53.2 Å². The number of benzene rings is 2. The van der Waals surface area contributed by atoms with Gasteiger partial charge in [-0.3, -0.25) is 39.0 Å². The number of ether oxygens (including phenoxy) is 2. The predicted octanol–water partition coefficient (Wildman–Crippen LogP) is 4.68. The Balaban J connectivity index is 0.762. The largest absolute Gasteiger partial charge is 0.496 e. The number of rotatable bonds is 13. The second kappa shape index (κ2) is 19.3. The van der Waals surface area contributed by atoms with E-state index >= 15 is 0 Å². The van der Waals surface area contributed by atoms with Crippen LogP contribution in [0.15, 0.2) is 47.1 Å². The molecule has 350 valence electrons. The van der Waals surface area contributed by atoms with Crippen molar-refractivity contribution < 1.29 is 47.0 Å². The minimum atomic E-state index is -1.64. The molecule has 2 aromatic carbocycles. The molecule has 1 unspecified atom stereocenters. The number of carbonyl (C=O) groups is 6. The van der Waals surface area contributed by atoms with E-state index in [9.17, 15) is 33.2 Å². The molecule has 6 heterocycles. The van der Waals surface area contributed by atoms with Gasteiger partial charge in [-0.2, -0.15) is 0 Å². The van der Waals surface area contributed by atoms with Crippen molar-refractivity contribution in [1.29, 1.82) is 0 Å². The quantitative estimate of drug-likeness (QED) is 0.0813. The topological polar surface area (TPSA) is 228 Å². The third kappa shape index (κ3) is 9.09. The van der Waals surface area contributed by atoms with Gasteiger partial charge in [0.2, 0.25) is 17.7 Å². The number of alkyl halides is 1. The van der Waals surface area contributed by atoms with Crippen molar-refractivity contribution in [2.45, 2.75) is 89.1 Å². The first-order chi connectivity index (χ1) is 32.4. The number of nitrogens with one attached hydrogen (secondary N) is 3. The number of amides is 6. The molecule has 0 spiro atoms. The van der Waals surface area contributed by atoms with Crippen LogP contribution in [0.25, 0.3) is 22.4 Å². The van der Waals surface area contributed by atoms with Crippen molar-refractivity contribution in [1.82, 2.24) is 30.4 Å². The Morgan fingerprint density at radius 1 is 0.985 bits per heavy atom. The maximum Gasteiger partial charge on any atom is 0.264 e. The number of likely N-dealkylation sites (tertiary alicyclic amines) is 1. The number of imide groups is 2. The van der Waals surface area contributed by atoms with Crippen LogP contribution in [-0.4, -0.2) is 113 Å². The molecule has 6 amide bonds. The number of hydrogen-bond donors (Lipinski definition) is 4. The number of halogens is 1. The lowest BCUT2D eigenvalue weighted by Gasteiger charge is -2.36. The lowest BCUT2D eigenvalue weighted by Crippen LogP contribution is -2.54. The Kier molecular flexibility index (Phi) is 13.1. The number of anilines is 1. The van der Waals surface area contributed by atoms with Gasteiger partial charge in [-0.15, -0.1) is 0 Å². The first kappa shape index (κ1) is 45.4. The summed E-state index contributed by atoms with van der Waals surface area (Å²) < 4.78 is 32.5. The summed E-state index contributed by atoms with van der Waals surface area (Å²) in [5.74, 6) is 4.25. The fraction of sp³-hybridized carbons (Fsp3) is 0.469. The summed E-state index contributed by atoms with van der Waals surface area (Å²) in [6, 6.07) is 6.65. The van der Waals surface area contributed by atoms with Crippen molar-refractivity contribution in [3.8, 4) is 29.2 Å². The molecule has 67 heavy (non-hydrogen) atoms. The fourth-order valence-corrected chi connectivity index (χ4v) is 10.2. The number of carbonyl (C=O) groups excluding carboxylic acids is 6. The van der Waals surface area contributed by atoms with Crippen molar-refractivity contribution in [3.05, 3.63) is 70.7 Å². The van der Waals surface area contributed by atoms with Crippen molar-refractivity contribution in [2.75, 3.05) is 45.2 Å². The molecule has 4 atom stereocenters. The third-order valence-electron chi connectivity index (χ3n) is 13.9. The monoisotopic (exact) mass is 916 g/mol. The van der Waals surface area contributed by atoms with E-state index in [0.29, 0.717) is 59.0 Å². The van der Waals surface area contributed by atoms with Gasteiger partial charge in [0.05, 0.1) is 54.3 Å². The lowest BCUT2D eigenvalue weighted by atomic mass is 9.81. The minimum absolute atomic E-state index is 0.0614. The van der Waals surface area contributed by atoms with Gasteiger partial charge in [0.1, 0.15) is 23.2 Å². The molecule has 0 bridgehead atoms. The maximum atomic E-state index is 14.6. The van der Waals surface area contributed by atoms with Crippen LogP contribution >= 0.6 is 0 Å². The molecule has 17 nitrogen and oxygen atoms in total. The molecule has 5 N–H and O–H groups in total. The van der Waals surface area contributed by atoms with E-state index in [0.717, 1.165) is 63.1 Å². The second-order valence-electron chi connectivity index (χ2n) is 18.0. The standard InChI is InChI=1S/C49H53FN8O9/c1-3-30-41(50)46(62)56-42(30)38-24-54-47(67-38)43-33-22-37(65-2)34(44(51)60)21-32(33)28(23-53-43)12-11-26-7-9-27(10-8-26)25-57-18-15-29(16-19-57)66-20-17-52-35-6-4-5-31-40(35)49(64)58(48(31)63)36-13-14-39(59)55-45(36)61/h4-6,21-24,26-27,29-30,36,41-42,52H,3,7-10,13-20,25H2,1-2H3,(H2,51,60)(H,56,62)(H,55,59,61)/t26?,27?,30-,36?,41+,42+/m1/s1. The normalized spacial score (nSPS) is 24.6. The highest BCUT2D eigenvalue weighted by Crippen LogP contribution is 2.39. The SMILES string of the molecule is CC[C@@H]1[C@H](F)C(=O)N[C@@H]1c1cnc(-c2ncc(C#CC3CCC(CN4CCC(OCCNc5cccc6c5C(=O)N(C5CCC(=O)NC5=O)C6=O)CC4)CC3)c3cc(C(N)=O)c(OC)cc23)o1. The maximum absolute atomic E-state index is 14.6. The van der Waals surface area contributed by atoms with E-state index in [1.807, 2.05) is 6.92 Å². The number of primary amides is 1. The van der Waals surface area contributed by atoms with Crippen molar-refractivity contribution >= 4 is 51.9 Å². The predicted molar refractivity (Wildman–Crippen MR) is 241 cm³/mol. The Morgan fingerprint density at radius 3 is 2.51 bits per heavy atom. The van der Waals surface area contributed by atoms with Gasteiger partial charge in [0.25, 0.3) is 23.6 Å². The Morgan fingerprint density at radius 2 is 1.78 bits per heavy atom. The number of nitrogens with zero attached hydrogens (tertiary/aromatic N) is 4. The van der Waals surface area contributed by atoms with Gasteiger partial charge < -0.3 is 35.2 Å².